The molecule has 1 aromatic carbocycles. The summed E-state index contributed by atoms with van der Waals surface area (Å²) >= 11 is 0. The van der Waals surface area contributed by atoms with Gasteiger partial charge in [-0.15, -0.1) is 0 Å². The number of Topliss-reactive ketones (excluding diaryl/α,β-unsaturated/α-hetero) is 1. The number of furan rings is 2. The summed E-state index contributed by atoms with van der Waals surface area (Å²) in [6.45, 7) is -0.0000184. The third-order valence-electron chi connectivity index (χ3n) is 4.61. The topological polar surface area (TPSA) is 127 Å². The zero-order valence-electron chi connectivity index (χ0n) is 14.8. The normalized spacial score (nSPS) is 18.3. The van der Waals surface area contributed by atoms with Gasteiger partial charge in [-0.25, -0.2) is 0 Å². The van der Waals surface area contributed by atoms with E-state index in [4.69, 9.17) is 8.83 Å². The largest absolute Gasteiger partial charge is 0.507 e. The summed E-state index contributed by atoms with van der Waals surface area (Å²) in [5.41, 5.74) is -0.157. The number of aliphatic hydroxyl groups excluding tert-OH is 1. The fraction of sp³-hybridized carbons (Fsp3) is 0.100. The van der Waals surface area contributed by atoms with E-state index in [2.05, 4.69) is 0 Å². The number of nitro benzene ring substituents is 1. The molecule has 1 N–H and O–H groups in total. The number of nitro groups is 1. The highest BCUT2D eigenvalue weighted by Crippen LogP contribution is 2.40. The summed E-state index contributed by atoms with van der Waals surface area (Å²) in [4.78, 5) is 36.9. The second-order valence-electron chi connectivity index (χ2n) is 6.33. The van der Waals surface area contributed by atoms with Gasteiger partial charge in [0.1, 0.15) is 23.3 Å². The number of nitrogens with zero attached hydrogens (tertiary/aromatic N) is 2. The van der Waals surface area contributed by atoms with Crippen LogP contribution in [0.4, 0.5) is 5.69 Å². The molecule has 1 aliphatic heterocycles. The van der Waals surface area contributed by atoms with Crippen molar-refractivity contribution >= 4 is 23.1 Å². The van der Waals surface area contributed by atoms with Crippen LogP contribution in [0.2, 0.25) is 0 Å². The third-order valence-corrected chi connectivity index (χ3v) is 4.61. The first-order valence-electron chi connectivity index (χ1n) is 8.56. The molecule has 3 aromatic rings. The molecule has 0 aliphatic carbocycles. The van der Waals surface area contributed by atoms with Crippen molar-refractivity contribution in [2.75, 3.05) is 0 Å². The minimum atomic E-state index is -0.967. The fourth-order valence-corrected chi connectivity index (χ4v) is 3.25. The minimum absolute atomic E-state index is 0.0000184. The maximum atomic E-state index is 12.8. The van der Waals surface area contributed by atoms with Gasteiger partial charge in [0.25, 0.3) is 17.4 Å². The molecule has 0 spiro atoms. The van der Waals surface area contributed by atoms with Crippen molar-refractivity contribution in [2.24, 2.45) is 0 Å². The molecule has 9 nitrogen and oxygen atoms in total. The van der Waals surface area contributed by atoms with Gasteiger partial charge in [0, 0.05) is 17.7 Å². The lowest BCUT2D eigenvalue weighted by Gasteiger charge is -2.22. The van der Waals surface area contributed by atoms with Gasteiger partial charge >= 0.3 is 0 Å². The second kappa shape index (κ2) is 7.12. The number of carbonyl (C=O) groups is 2. The molecule has 29 heavy (non-hydrogen) atoms. The van der Waals surface area contributed by atoms with Crippen LogP contribution in [0.25, 0.3) is 5.76 Å². The molecule has 1 unspecified atom stereocenters. The van der Waals surface area contributed by atoms with E-state index in [1.807, 2.05) is 0 Å². The average Bonchev–Trinajstić information content (AvgIpc) is 3.46. The van der Waals surface area contributed by atoms with E-state index in [9.17, 15) is 24.8 Å². The lowest BCUT2D eigenvalue weighted by Crippen LogP contribution is -2.28. The molecule has 0 saturated carbocycles. The van der Waals surface area contributed by atoms with Crippen molar-refractivity contribution in [2.45, 2.75) is 12.6 Å². The number of likely N-dealkylation sites (tertiary alicyclic amines) is 1. The Morgan fingerprint density at radius 1 is 1.07 bits per heavy atom. The molecule has 4 rings (SSSR count). The van der Waals surface area contributed by atoms with Crippen molar-refractivity contribution in [3.8, 4) is 0 Å². The molecule has 2 aromatic heterocycles. The summed E-state index contributed by atoms with van der Waals surface area (Å²) in [5.74, 6) is -1.39. The third kappa shape index (κ3) is 3.18. The Morgan fingerprint density at radius 2 is 1.76 bits per heavy atom. The van der Waals surface area contributed by atoms with E-state index in [-0.39, 0.29) is 23.4 Å². The van der Waals surface area contributed by atoms with Crippen molar-refractivity contribution in [3.63, 3.8) is 0 Å². The number of amides is 1. The zero-order valence-corrected chi connectivity index (χ0v) is 14.8. The molecule has 0 bridgehead atoms. The Labute approximate surface area is 163 Å². The molecule has 1 amide bonds. The van der Waals surface area contributed by atoms with Crippen LogP contribution in [0, 0.1) is 10.1 Å². The lowest BCUT2D eigenvalue weighted by atomic mass is 9.99. The molecular weight excluding hydrogens is 380 g/mol. The molecular formula is C20H14N2O7. The second-order valence-corrected chi connectivity index (χ2v) is 6.33. The van der Waals surface area contributed by atoms with Crippen molar-refractivity contribution in [1.29, 1.82) is 0 Å². The number of hydrogen-bond acceptors (Lipinski definition) is 7. The Hall–Kier alpha value is -4.14. The first kappa shape index (κ1) is 18.2. The maximum Gasteiger partial charge on any atom is 0.296 e. The highest BCUT2D eigenvalue weighted by Gasteiger charge is 2.47. The summed E-state index contributed by atoms with van der Waals surface area (Å²) in [6.07, 6.45) is 2.85. The summed E-state index contributed by atoms with van der Waals surface area (Å²) in [6, 6.07) is 10.6. The number of carbonyl (C=O) groups excluding carboxylic acids is 2. The fourth-order valence-electron chi connectivity index (χ4n) is 3.25. The number of ketones is 1. The van der Waals surface area contributed by atoms with Gasteiger partial charge in [0.15, 0.2) is 0 Å². The Morgan fingerprint density at radius 3 is 2.34 bits per heavy atom. The van der Waals surface area contributed by atoms with Gasteiger partial charge in [-0.1, -0.05) is 0 Å². The minimum Gasteiger partial charge on any atom is -0.507 e. The zero-order chi connectivity index (χ0) is 20.5. The number of benzene rings is 1. The monoisotopic (exact) mass is 394 g/mol. The smallest absolute Gasteiger partial charge is 0.296 e. The first-order chi connectivity index (χ1) is 14.0. The van der Waals surface area contributed by atoms with Gasteiger partial charge in [0.05, 0.1) is 29.6 Å². The van der Waals surface area contributed by atoms with E-state index in [0.29, 0.717) is 11.5 Å². The molecule has 1 fully saturated rings. The average molecular weight is 394 g/mol. The van der Waals surface area contributed by atoms with Gasteiger partial charge in [-0.2, -0.15) is 0 Å². The van der Waals surface area contributed by atoms with E-state index in [0.717, 1.165) is 0 Å². The maximum absolute atomic E-state index is 12.8. The van der Waals surface area contributed by atoms with E-state index in [1.165, 1.54) is 41.7 Å². The van der Waals surface area contributed by atoms with Crippen LogP contribution in [0.5, 0.6) is 0 Å². The molecule has 1 aliphatic rings. The summed E-state index contributed by atoms with van der Waals surface area (Å²) < 4.78 is 10.7. The Kier molecular flexibility index (Phi) is 4.47. The number of aliphatic hydroxyl groups is 1. The van der Waals surface area contributed by atoms with Crippen LogP contribution in [-0.4, -0.2) is 26.6 Å². The van der Waals surface area contributed by atoms with Gasteiger partial charge in [0.2, 0.25) is 0 Å². The Balaban J connectivity index is 1.81. The molecule has 3 heterocycles. The van der Waals surface area contributed by atoms with Crippen molar-refractivity contribution in [1.82, 2.24) is 4.90 Å². The quantitative estimate of drug-likeness (QED) is 0.231. The van der Waals surface area contributed by atoms with Crippen molar-refractivity contribution in [3.05, 3.63) is 93.8 Å². The van der Waals surface area contributed by atoms with E-state index >= 15 is 0 Å². The van der Waals surface area contributed by atoms with Gasteiger partial charge in [-0.3, -0.25) is 19.7 Å². The molecule has 146 valence electrons. The Bertz CT molecular complexity index is 1100. The molecule has 1 atom stereocenters. The standard InChI is InChI=1S/C20H14N2O7/c23-18(12-5-7-13(8-6-12)22(26)27)16-17(15-4-2-10-29-15)21(20(25)19(16)24)11-14-3-1-9-28-14/h1-10,17,23H,11H2/b18-16-. The SMILES string of the molecule is O=C1C(=O)N(Cc2ccco2)C(c2ccco2)/C1=C(/O)c1ccc([N+](=O)[O-])cc1. The van der Waals surface area contributed by atoms with Crippen LogP contribution >= 0.6 is 0 Å². The number of non-ortho nitro benzene ring substituents is 1. The number of hydrogen-bond donors (Lipinski definition) is 1. The predicted octanol–water partition coefficient (Wildman–Crippen LogP) is 3.40. The van der Waals surface area contributed by atoms with E-state index < -0.39 is 28.4 Å². The van der Waals surface area contributed by atoms with E-state index in [1.54, 1.807) is 24.3 Å². The van der Waals surface area contributed by atoms with Crippen molar-refractivity contribution < 1.29 is 28.5 Å². The summed E-state index contributed by atoms with van der Waals surface area (Å²) in [5, 5.41) is 21.6. The van der Waals surface area contributed by atoms with Crippen LogP contribution in [0.15, 0.2) is 75.5 Å². The molecule has 9 heteroatoms. The molecule has 1 saturated heterocycles. The highest BCUT2D eigenvalue weighted by atomic mass is 16.6. The van der Waals surface area contributed by atoms with Crippen LogP contribution < -0.4 is 0 Å². The summed E-state index contributed by atoms with van der Waals surface area (Å²) in [7, 11) is 0. The van der Waals surface area contributed by atoms with Gasteiger partial charge < -0.3 is 18.8 Å². The van der Waals surface area contributed by atoms with Crippen LogP contribution in [0.1, 0.15) is 23.1 Å². The van der Waals surface area contributed by atoms with Gasteiger partial charge in [-0.05, 0) is 36.4 Å². The predicted molar refractivity (Wildman–Crippen MR) is 98.4 cm³/mol. The van der Waals surface area contributed by atoms with Crippen LogP contribution in [-0.2, 0) is 16.1 Å². The lowest BCUT2D eigenvalue weighted by molar-refractivity contribution is -0.384. The van der Waals surface area contributed by atoms with Crippen LogP contribution in [0.3, 0.4) is 0 Å². The highest BCUT2D eigenvalue weighted by molar-refractivity contribution is 6.46. The molecule has 0 radical (unpaired) electrons. The first-order valence-corrected chi connectivity index (χ1v) is 8.56. The number of rotatable bonds is 5.